The summed E-state index contributed by atoms with van der Waals surface area (Å²) < 4.78 is 0. The fraction of sp³-hybridized carbons (Fsp3) is 0.455. The number of anilines is 1. The van der Waals surface area contributed by atoms with E-state index in [1.54, 1.807) is 18.3 Å². The summed E-state index contributed by atoms with van der Waals surface area (Å²) in [5.74, 6) is 0.284. The molecule has 0 aliphatic heterocycles. The van der Waals surface area contributed by atoms with Crippen molar-refractivity contribution in [3.05, 3.63) is 23.5 Å². The molecule has 1 aromatic heterocycles. The average Bonchev–Trinajstić information content (AvgIpc) is 2.70. The van der Waals surface area contributed by atoms with Crippen molar-refractivity contribution in [1.29, 1.82) is 0 Å². The highest BCUT2D eigenvalue weighted by Gasteiger charge is 2.22. The molecule has 1 aliphatic rings. The van der Waals surface area contributed by atoms with Gasteiger partial charge in [-0.2, -0.15) is 0 Å². The van der Waals surface area contributed by atoms with Gasteiger partial charge in [0.2, 0.25) is 5.91 Å². The minimum absolute atomic E-state index is 0.106. The number of pyridine rings is 1. The fourth-order valence-corrected chi connectivity index (χ4v) is 2.09. The summed E-state index contributed by atoms with van der Waals surface area (Å²) in [4.78, 5) is 15.6. The number of hydrogen-bond donors (Lipinski definition) is 1. The van der Waals surface area contributed by atoms with Gasteiger partial charge in [-0.1, -0.05) is 24.4 Å². The predicted molar refractivity (Wildman–Crippen MR) is 59.8 cm³/mol. The molecule has 0 unspecified atom stereocenters. The summed E-state index contributed by atoms with van der Waals surface area (Å²) in [5.41, 5.74) is 0.729. The Morgan fingerprint density at radius 2 is 2.20 bits per heavy atom. The Morgan fingerprint density at radius 1 is 1.47 bits per heavy atom. The van der Waals surface area contributed by atoms with E-state index in [2.05, 4.69) is 10.3 Å². The first-order valence-corrected chi connectivity index (χ1v) is 5.56. The lowest BCUT2D eigenvalue weighted by Crippen LogP contribution is -2.20. The number of nitrogens with zero attached hydrogens (tertiary/aromatic N) is 1. The molecule has 1 saturated carbocycles. The molecule has 0 spiro atoms. The van der Waals surface area contributed by atoms with Gasteiger partial charge in [-0.3, -0.25) is 4.79 Å². The maximum atomic E-state index is 11.8. The Hall–Kier alpha value is -1.09. The zero-order chi connectivity index (χ0) is 10.7. The van der Waals surface area contributed by atoms with Crippen LogP contribution in [0.5, 0.6) is 0 Å². The molecule has 0 bridgehead atoms. The minimum Gasteiger partial charge on any atom is -0.326 e. The molecule has 1 aliphatic carbocycles. The lowest BCUT2D eigenvalue weighted by Gasteiger charge is -2.09. The molecule has 1 heterocycles. The lowest BCUT2D eigenvalue weighted by atomic mass is 10.1. The molecule has 3 nitrogen and oxygen atoms in total. The Labute approximate surface area is 93.8 Å². The molecule has 2 rings (SSSR count). The lowest BCUT2D eigenvalue weighted by molar-refractivity contribution is -0.119. The van der Waals surface area contributed by atoms with Gasteiger partial charge in [-0.25, -0.2) is 4.98 Å². The van der Waals surface area contributed by atoms with Gasteiger partial charge in [-0.15, -0.1) is 0 Å². The zero-order valence-corrected chi connectivity index (χ0v) is 9.13. The topological polar surface area (TPSA) is 42.0 Å². The summed E-state index contributed by atoms with van der Waals surface area (Å²) in [6.07, 6.45) is 5.92. The van der Waals surface area contributed by atoms with E-state index in [0.717, 1.165) is 31.4 Å². The molecular formula is C11H13ClN2O. The second kappa shape index (κ2) is 4.62. The highest BCUT2D eigenvalue weighted by molar-refractivity contribution is 6.29. The van der Waals surface area contributed by atoms with Gasteiger partial charge in [0.15, 0.2) is 0 Å². The Morgan fingerprint density at radius 3 is 2.87 bits per heavy atom. The van der Waals surface area contributed by atoms with Crippen molar-refractivity contribution in [3.8, 4) is 0 Å². The van der Waals surface area contributed by atoms with Crippen molar-refractivity contribution in [2.75, 3.05) is 5.32 Å². The number of aromatic nitrogens is 1. The number of hydrogen-bond acceptors (Lipinski definition) is 2. The minimum atomic E-state index is 0.106. The van der Waals surface area contributed by atoms with E-state index < -0.39 is 0 Å². The normalized spacial score (nSPS) is 16.6. The molecule has 0 saturated heterocycles. The van der Waals surface area contributed by atoms with Gasteiger partial charge < -0.3 is 5.32 Å². The van der Waals surface area contributed by atoms with Crippen LogP contribution in [-0.4, -0.2) is 10.9 Å². The summed E-state index contributed by atoms with van der Waals surface area (Å²) in [6, 6.07) is 3.41. The quantitative estimate of drug-likeness (QED) is 0.785. The number of halogens is 1. The summed E-state index contributed by atoms with van der Waals surface area (Å²) in [5, 5.41) is 3.26. The molecule has 1 fully saturated rings. The first kappa shape index (κ1) is 10.4. The van der Waals surface area contributed by atoms with E-state index in [4.69, 9.17) is 11.6 Å². The highest BCUT2D eigenvalue weighted by Crippen LogP contribution is 2.26. The van der Waals surface area contributed by atoms with Crippen molar-refractivity contribution >= 4 is 23.2 Å². The van der Waals surface area contributed by atoms with Crippen molar-refractivity contribution < 1.29 is 4.79 Å². The van der Waals surface area contributed by atoms with Gasteiger partial charge in [0.1, 0.15) is 5.15 Å². The van der Waals surface area contributed by atoms with Crippen LogP contribution in [0, 0.1) is 5.92 Å². The van der Waals surface area contributed by atoms with Crippen LogP contribution >= 0.6 is 11.6 Å². The van der Waals surface area contributed by atoms with Crippen molar-refractivity contribution in [2.45, 2.75) is 25.7 Å². The van der Waals surface area contributed by atoms with Crippen LogP contribution in [-0.2, 0) is 4.79 Å². The number of rotatable bonds is 2. The van der Waals surface area contributed by atoms with Gasteiger partial charge >= 0.3 is 0 Å². The van der Waals surface area contributed by atoms with Crippen LogP contribution in [0.2, 0.25) is 5.15 Å². The Bertz CT molecular complexity index is 361. The molecule has 15 heavy (non-hydrogen) atoms. The van der Waals surface area contributed by atoms with Gasteiger partial charge in [0, 0.05) is 17.8 Å². The van der Waals surface area contributed by atoms with E-state index in [-0.39, 0.29) is 11.8 Å². The third-order valence-corrected chi connectivity index (χ3v) is 2.93. The number of carbonyl (C=O) groups is 1. The standard InChI is InChI=1S/C11H13ClN2O/c12-10-7-9(5-6-13-10)14-11(15)8-3-1-2-4-8/h5-8H,1-4H2,(H,13,14,15). The monoisotopic (exact) mass is 224 g/mol. The number of carbonyl (C=O) groups excluding carboxylic acids is 1. The first-order chi connectivity index (χ1) is 7.25. The van der Waals surface area contributed by atoms with Crippen molar-refractivity contribution in [3.63, 3.8) is 0 Å². The van der Waals surface area contributed by atoms with Crippen LogP contribution in [0.25, 0.3) is 0 Å². The van der Waals surface area contributed by atoms with E-state index >= 15 is 0 Å². The third-order valence-electron chi connectivity index (χ3n) is 2.72. The van der Waals surface area contributed by atoms with Crippen molar-refractivity contribution in [2.24, 2.45) is 5.92 Å². The molecule has 80 valence electrons. The smallest absolute Gasteiger partial charge is 0.227 e. The van der Waals surface area contributed by atoms with Crippen molar-refractivity contribution in [1.82, 2.24) is 4.98 Å². The molecule has 4 heteroatoms. The summed E-state index contributed by atoms with van der Waals surface area (Å²) in [7, 11) is 0. The van der Waals surface area contributed by atoms with Crippen LogP contribution in [0.4, 0.5) is 5.69 Å². The molecule has 0 radical (unpaired) electrons. The van der Waals surface area contributed by atoms with E-state index in [0.29, 0.717) is 5.15 Å². The zero-order valence-electron chi connectivity index (χ0n) is 8.37. The summed E-state index contributed by atoms with van der Waals surface area (Å²) in [6.45, 7) is 0. The molecular weight excluding hydrogens is 212 g/mol. The average molecular weight is 225 g/mol. The first-order valence-electron chi connectivity index (χ1n) is 5.18. The second-order valence-electron chi connectivity index (χ2n) is 3.84. The number of amides is 1. The van der Waals surface area contributed by atoms with Crippen LogP contribution < -0.4 is 5.32 Å². The predicted octanol–water partition coefficient (Wildman–Crippen LogP) is 2.86. The number of nitrogens with one attached hydrogen (secondary N) is 1. The SMILES string of the molecule is O=C(Nc1ccnc(Cl)c1)C1CCCC1. The van der Waals surface area contributed by atoms with Gasteiger partial charge in [0.25, 0.3) is 0 Å². The van der Waals surface area contributed by atoms with Gasteiger partial charge in [0.05, 0.1) is 0 Å². The largest absolute Gasteiger partial charge is 0.326 e. The molecule has 1 aromatic rings. The third kappa shape index (κ3) is 2.69. The fourth-order valence-electron chi connectivity index (χ4n) is 1.91. The second-order valence-corrected chi connectivity index (χ2v) is 4.23. The van der Waals surface area contributed by atoms with Gasteiger partial charge in [-0.05, 0) is 25.0 Å². The maximum Gasteiger partial charge on any atom is 0.227 e. The van der Waals surface area contributed by atoms with Crippen LogP contribution in [0.3, 0.4) is 0 Å². The Kier molecular flexibility index (Phi) is 3.21. The molecule has 1 N–H and O–H groups in total. The summed E-state index contributed by atoms with van der Waals surface area (Å²) >= 11 is 5.73. The van der Waals surface area contributed by atoms with E-state index in [1.165, 1.54) is 0 Å². The van der Waals surface area contributed by atoms with E-state index in [1.807, 2.05) is 0 Å². The molecule has 0 aromatic carbocycles. The maximum absolute atomic E-state index is 11.8. The Balaban J connectivity index is 1.99. The van der Waals surface area contributed by atoms with Crippen LogP contribution in [0.1, 0.15) is 25.7 Å². The van der Waals surface area contributed by atoms with E-state index in [9.17, 15) is 4.79 Å². The molecule has 1 amide bonds. The van der Waals surface area contributed by atoms with Crippen LogP contribution in [0.15, 0.2) is 18.3 Å². The molecule has 0 atom stereocenters. The highest BCUT2D eigenvalue weighted by atomic mass is 35.5.